The fraction of sp³-hybridized carbons (Fsp3) is 0.273. The van der Waals surface area contributed by atoms with Crippen LogP contribution in [0.15, 0.2) is 59.6 Å². The lowest BCUT2D eigenvalue weighted by Gasteiger charge is -2.16. The molecule has 0 radical (unpaired) electrons. The van der Waals surface area contributed by atoms with Gasteiger partial charge in [-0.2, -0.15) is 9.40 Å². The Morgan fingerprint density at radius 2 is 1.84 bits per heavy atom. The second-order valence-corrected chi connectivity index (χ2v) is 9.30. The first-order valence-electron chi connectivity index (χ1n) is 10.2. The Kier molecular flexibility index (Phi) is 6.24. The number of rotatable bonds is 7. The zero-order chi connectivity index (χ0) is 22.7. The number of ether oxygens (including phenoxy) is 1. The number of hydrogen-bond donors (Lipinski definition) is 1. The lowest BCUT2D eigenvalue weighted by atomic mass is 10.2. The molecule has 2 heterocycles. The average molecular weight is 459 g/mol. The molecule has 1 aliphatic heterocycles. The number of sulfonamides is 1. The molecule has 8 nitrogen and oxygen atoms in total. The smallest absolute Gasteiger partial charge is 0.251 e. The van der Waals surface area contributed by atoms with Crippen LogP contribution in [0.1, 0.15) is 28.9 Å². The van der Waals surface area contributed by atoms with Crippen molar-refractivity contribution in [3.05, 3.63) is 71.8 Å². The highest BCUT2D eigenvalue weighted by molar-refractivity contribution is 7.89. The first kappa shape index (κ1) is 22.0. The third-order valence-electron chi connectivity index (χ3n) is 5.29. The molecular weight excluding hydrogens is 435 g/mol. The van der Waals surface area contributed by atoms with Gasteiger partial charge in [0.05, 0.1) is 25.0 Å². The molecule has 32 heavy (non-hydrogen) atoms. The number of halogens is 1. The van der Waals surface area contributed by atoms with Crippen LogP contribution in [0.4, 0.5) is 4.39 Å². The third-order valence-corrected chi connectivity index (χ3v) is 7.20. The molecule has 0 bridgehead atoms. The summed E-state index contributed by atoms with van der Waals surface area (Å²) >= 11 is 0. The van der Waals surface area contributed by atoms with Gasteiger partial charge in [0.15, 0.2) is 0 Å². The van der Waals surface area contributed by atoms with Gasteiger partial charge >= 0.3 is 0 Å². The van der Waals surface area contributed by atoms with Gasteiger partial charge in [0.1, 0.15) is 16.5 Å². The second-order valence-electron chi connectivity index (χ2n) is 7.39. The van der Waals surface area contributed by atoms with Crippen molar-refractivity contribution in [2.45, 2.75) is 24.3 Å². The van der Waals surface area contributed by atoms with E-state index in [0.29, 0.717) is 18.8 Å². The highest BCUT2D eigenvalue weighted by Gasteiger charge is 2.30. The summed E-state index contributed by atoms with van der Waals surface area (Å²) in [5.41, 5.74) is 1.51. The number of carbonyl (C=O) groups excluding carboxylic acids is 1. The summed E-state index contributed by atoms with van der Waals surface area (Å²) in [6.45, 7) is 0.845. The lowest BCUT2D eigenvalue weighted by molar-refractivity contribution is 0.0950. The first-order chi connectivity index (χ1) is 15.4. The monoisotopic (exact) mass is 458 g/mol. The molecule has 0 spiro atoms. The van der Waals surface area contributed by atoms with Crippen LogP contribution < -0.4 is 10.1 Å². The van der Waals surface area contributed by atoms with E-state index in [1.54, 1.807) is 24.1 Å². The third kappa shape index (κ3) is 4.51. The van der Waals surface area contributed by atoms with Crippen molar-refractivity contribution in [1.82, 2.24) is 19.4 Å². The van der Waals surface area contributed by atoms with E-state index in [0.717, 1.165) is 36.4 Å². The predicted octanol–water partition coefficient (Wildman–Crippen LogP) is 2.73. The highest BCUT2D eigenvalue weighted by atomic mass is 32.2. The molecule has 168 valence electrons. The number of nitrogens with zero attached hydrogens (tertiary/aromatic N) is 3. The van der Waals surface area contributed by atoms with E-state index in [-0.39, 0.29) is 12.1 Å². The van der Waals surface area contributed by atoms with Gasteiger partial charge in [0.2, 0.25) is 10.0 Å². The molecule has 1 aliphatic rings. The minimum absolute atomic E-state index is 0.0683. The van der Waals surface area contributed by atoms with Crippen LogP contribution in [0.2, 0.25) is 0 Å². The van der Waals surface area contributed by atoms with Gasteiger partial charge in [0, 0.05) is 24.8 Å². The van der Waals surface area contributed by atoms with Crippen LogP contribution in [0.5, 0.6) is 5.75 Å². The molecule has 0 aliphatic carbocycles. The van der Waals surface area contributed by atoms with E-state index >= 15 is 0 Å². The molecule has 4 rings (SSSR count). The van der Waals surface area contributed by atoms with Crippen molar-refractivity contribution in [3.63, 3.8) is 0 Å². The summed E-state index contributed by atoms with van der Waals surface area (Å²) in [5, 5.41) is 7.12. The van der Waals surface area contributed by atoms with E-state index in [1.165, 1.54) is 10.4 Å². The Balaban J connectivity index is 1.45. The van der Waals surface area contributed by atoms with Crippen LogP contribution in [0.3, 0.4) is 0 Å². The molecule has 0 atom stereocenters. The van der Waals surface area contributed by atoms with Gasteiger partial charge in [0.25, 0.3) is 5.91 Å². The molecule has 0 saturated carbocycles. The largest absolute Gasteiger partial charge is 0.497 e. The fourth-order valence-corrected chi connectivity index (χ4v) is 5.12. The molecule has 1 N–H and O–H groups in total. The lowest BCUT2D eigenvalue weighted by Crippen LogP contribution is -2.29. The van der Waals surface area contributed by atoms with E-state index in [9.17, 15) is 17.6 Å². The predicted molar refractivity (Wildman–Crippen MR) is 116 cm³/mol. The first-order valence-corrected chi connectivity index (χ1v) is 11.6. The normalized spacial score (nSPS) is 14.4. The summed E-state index contributed by atoms with van der Waals surface area (Å²) in [7, 11) is -2.38. The van der Waals surface area contributed by atoms with Crippen molar-refractivity contribution < 1.29 is 22.3 Å². The second kappa shape index (κ2) is 9.09. The molecule has 3 aromatic rings. The van der Waals surface area contributed by atoms with Crippen LogP contribution in [-0.4, -0.2) is 48.6 Å². The van der Waals surface area contributed by atoms with Gasteiger partial charge in [-0.1, -0.05) is 0 Å². The Labute approximate surface area is 185 Å². The average Bonchev–Trinajstić information content (AvgIpc) is 3.50. The highest BCUT2D eigenvalue weighted by Crippen LogP contribution is 2.24. The standard InChI is InChI=1S/C22H23FN4O4S/c1-31-19-7-5-18(6-8-19)27-13-10-17(25-27)15-24-22(28)16-4-9-20(23)21(14-16)32(29,30)26-11-2-3-12-26/h4-10,13-14H,2-3,11-12,15H2,1H3,(H,24,28). The Bertz CT molecular complexity index is 1220. The number of amides is 1. The maximum absolute atomic E-state index is 14.3. The Morgan fingerprint density at radius 3 is 2.53 bits per heavy atom. The summed E-state index contributed by atoms with van der Waals surface area (Å²) in [6.07, 6.45) is 3.25. The molecule has 1 amide bonds. The zero-order valence-electron chi connectivity index (χ0n) is 17.5. The van der Waals surface area contributed by atoms with Crippen molar-refractivity contribution in [2.24, 2.45) is 0 Å². The summed E-state index contributed by atoms with van der Waals surface area (Å²) in [5.74, 6) is -0.646. The zero-order valence-corrected chi connectivity index (χ0v) is 18.3. The van der Waals surface area contributed by atoms with Crippen molar-refractivity contribution in [2.75, 3.05) is 20.2 Å². The summed E-state index contributed by atoms with van der Waals surface area (Å²) < 4.78 is 47.8. The molecule has 10 heteroatoms. The van der Waals surface area contributed by atoms with Crippen molar-refractivity contribution >= 4 is 15.9 Å². The maximum atomic E-state index is 14.3. The number of carbonyl (C=O) groups is 1. The topological polar surface area (TPSA) is 93.5 Å². The molecular formula is C22H23FN4O4S. The minimum Gasteiger partial charge on any atom is -0.497 e. The number of aromatic nitrogens is 2. The number of nitrogens with one attached hydrogen (secondary N) is 1. The van der Waals surface area contributed by atoms with E-state index in [1.807, 2.05) is 24.3 Å². The summed E-state index contributed by atoms with van der Waals surface area (Å²) in [6, 6.07) is 12.5. The van der Waals surface area contributed by atoms with Gasteiger partial charge in [-0.3, -0.25) is 4.79 Å². The molecule has 1 fully saturated rings. The number of benzene rings is 2. The van der Waals surface area contributed by atoms with E-state index < -0.39 is 26.6 Å². The minimum atomic E-state index is -3.97. The van der Waals surface area contributed by atoms with Gasteiger partial charge in [-0.05, 0) is 61.4 Å². The van der Waals surface area contributed by atoms with E-state index in [2.05, 4.69) is 10.4 Å². The molecule has 1 saturated heterocycles. The summed E-state index contributed by atoms with van der Waals surface area (Å²) in [4.78, 5) is 12.1. The van der Waals surface area contributed by atoms with Crippen molar-refractivity contribution in [1.29, 1.82) is 0 Å². The van der Waals surface area contributed by atoms with Gasteiger partial charge in [-0.15, -0.1) is 0 Å². The number of methoxy groups -OCH3 is 1. The Hall–Kier alpha value is -3.24. The van der Waals surface area contributed by atoms with Crippen LogP contribution in [-0.2, 0) is 16.6 Å². The SMILES string of the molecule is COc1ccc(-n2ccc(CNC(=O)c3ccc(F)c(S(=O)(=O)N4CCCC4)c3)n2)cc1. The van der Waals surface area contributed by atoms with Gasteiger partial charge in [-0.25, -0.2) is 17.5 Å². The molecule has 2 aromatic carbocycles. The molecule has 0 unspecified atom stereocenters. The van der Waals surface area contributed by atoms with Crippen molar-refractivity contribution in [3.8, 4) is 11.4 Å². The quantitative estimate of drug-likeness (QED) is 0.588. The van der Waals surface area contributed by atoms with E-state index in [4.69, 9.17) is 4.74 Å². The van der Waals surface area contributed by atoms with Crippen LogP contribution >= 0.6 is 0 Å². The maximum Gasteiger partial charge on any atom is 0.251 e. The Morgan fingerprint density at radius 1 is 1.12 bits per heavy atom. The fourth-order valence-electron chi connectivity index (χ4n) is 3.52. The van der Waals surface area contributed by atoms with Gasteiger partial charge < -0.3 is 10.1 Å². The number of hydrogen-bond acceptors (Lipinski definition) is 5. The van der Waals surface area contributed by atoms with Crippen LogP contribution in [0, 0.1) is 5.82 Å². The van der Waals surface area contributed by atoms with Crippen LogP contribution in [0.25, 0.3) is 5.69 Å². The molecule has 1 aromatic heterocycles.